The summed E-state index contributed by atoms with van der Waals surface area (Å²) < 4.78 is 6.88. The Kier molecular flexibility index (Phi) is 0.911. The number of rotatable bonds is 0. The van der Waals surface area contributed by atoms with Crippen molar-refractivity contribution in [3.05, 3.63) is 0 Å². The van der Waals surface area contributed by atoms with Crippen molar-refractivity contribution in [2.24, 2.45) is 0 Å². The Morgan fingerprint density at radius 2 is 1.80 bits per heavy atom. The molecule has 0 rings (SSSR count). The van der Waals surface area contributed by atoms with E-state index in [2.05, 4.69) is 20.8 Å². The van der Waals surface area contributed by atoms with Gasteiger partial charge in [0, 0.05) is 0 Å². The second-order valence-corrected chi connectivity index (χ2v) is 3.75. The van der Waals surface area contributed by atoms with E-state index < -0.39 is 0 Å². The zero-order chi connectivity index (χ0) is 5.21. The van der Waals surface area contributed by atoms with E-state index in [4.69, 9.17) is 1.28 Å². The van der Waals surface area contributed by atoms with Gasteiger partial charge in [0.2, 0.25) is 0 Å². The van der Waals surface area contributed by atoms with Crippen molar-refractivity contribution in [3.8, 4) is 0 Å². The Labute approximate surface area is 37.4 Å². The lowest BCUT2D eigenvalue weighted by Crippen LogP contribution is -1.97. The van der Waals surface area contributed by atoms with Gasteiger partial charge in [-0.3, -0.25) is 0 Å². The van der Waals surface area contributed by atoms with Crippen LogP contribution in [0.25, 0.3) is 0 Å². The molecule has 0 radical (unpaired) electrons. The monoisotopic (exact) mass is 92.1 g/mol. The molecule has 1 atom stereocenters. The quantitative estimate of drug-likeness (QED) is 0.398. The van der Waals surface area contributed by atoms with E-state index in [0.717, 1.165) is 0 Å². The van der Waals surface area contributed by atoms with Crippen LogP contribution in [0.15, 0.2) is 0 Å². The van der Waals surface area contributed by atoms with Crippen molar-refractivity contribution in [1.82, 2.24) is 0 Å². The van der Waals surface area contributed by atoms with E-state index in [1.807, 2.05) is 0 Å². The molecule has 0 aromatic carbocycles. The summed E-state index contributed by atoms with van der Waals surface area (Å²) in [6.45, 7) is 6.20. The van der Waals surface area contributed by atoms with E-state index in [-0.39, 0.29) is 5.16 Å². The van der Waals surface area contributed by atoms with Crippen LogP contribution in [0, 0.1) is 0 Å². The molecule has 0 aromatic rings. The average Bonchev–Trinajstić information content (AvgIpc) is 1.35. The SMILES string of the molecule is [3H]PC(C)(C)C. The molecule has 0 spiro atoms. The van der Waals surface area contributed by atoms with Crippen LogP contribution in [0.2, 0.25) is 0 Å². The highest BCUT2D eigenvalue weighted by Crippen LogP contribution is 2.12. The van der Waals surface area contributed by atoms with Gasteiger partial charge in [-0.05, 0) is 5.16 Å². The van der Waals surface area contributed by atoms with Crippen molar-refractivity contribution < 1.29 is 0 Å². The fourth-order valence-electron chi connectivity index (χ4n) is 0. The van der Waals surface area contributed by atoms with Crippen molar-refractivity contribution in [2.45, 2.75) is 25.9 Å². The Morgan fingerprint density at radius 1 is 1.60 bits per heavy atom. The summed E-state index contributed by atoms with van der Waals surface area (Å²) in [5, 5.41) is 0.236. The summed E-state index contributed by atoms with van der Waals surface area (Å²) in [6.07, 6.45) is 0. The standard InChI is InChI=1S/C4H11P/c1-4(2,3)5/h5H2,1-3H3/i5T. The van der Waals surface area contributed by atoms with E-state index in [0.29, 0.717) is 9.18 Å². The Balaban J connectivity index is 3.17. The van der Waals surface area contributed by atoms with Gasteiger partial charge in [0.05, 0.1) is 1.28 Å². The van der Waals surface area contributed by atoms with E-state index >= 15 is 0 Å². The molecule has 0 amide bonds. The van der Waals surface area contributed by atoms with E-state index in [1.165, 1.54) is 0 Å². The maximum absolute atomic E-state index is 6.88. The molecule has 0 heterocycles. The van der Waals surface area contributed by atoms with Crippen LogP contribution < -0.4 is 0 Å². The maximum Gasteiger partial charge on any atom is 0.0551 e. The lowest BCUT2D eigenvalue weighted by Gasteiger charge is -2.05. The normalized spacial score (nSPS) is 17.0. The first-order chi connectivity index (χ1) is 2.56. The van der Waals surface area contributed by atoms with Crippen molar-refractivity contribution in [1.29, 1.82) is 1.28 Å². The topological polar surface area (TPSA) is 0 Å². The summed E-state index contributed by atoms with van der Waals surface area (Å²) in [7, 11) is 0.317. The molecule has 0 nitrogen and oxygen atoms in total. The molecule has 1 heteroatoms. The van der Waals surface area contributed by atoms with E-state index in [9.17, 15) is 0 Å². The summed E-state index contributed by atoms with van der Waals surface area (Å²) in [6, 6.07) is 0. The van der Waals surface area contributed by atoms with Gasteiger partial charge < -0.3 is 0 Å². The molecule has 0 saturated carbocycles. The molecule has 5 heavy (non-hydrogen) atoms. The predicted octanol–water partition coefficient (Wildman–Crippen LogP) is 1.66. The highest BCUT2D eigenvalue weighted by atomic mass is 31.0. The van der Waals surface area contributed by atoms with Gasteiger partial charge in [0.25, 0.3) is 0 Å². The van der Waals surface area contributed by atoms with Crippen LogP contribution in [-0.4, -0.2) is 6.43 Å². The molecule has 0 aliphatic carbocycles. The van der Waals surface area contributed by atoms with Gasteiger partial charge in [-0.15, -0.1) is 9.18 Å². The van der Waals surface area contributed by atoms with Crippen molar-refractivity contribution in [3.63, 3.8) is 0 Å². The predicted molar refractivity (Wildman–Crippen MR) is 29.5 cm³/mol. The lowest BCUT2D eigenvalue weighted by molar-refractivity contribution is 0.804. The fourth-order valence-corrected chi connectivity index (χ4v) is 0. The van der Waals surface area contributed by atoms with Gasteiger partial charge in [-0.25, -0.2) is 0 Å². The zero-order valence-electron chi connectivity index (χ0n) is 5.00. The second kappa shape index (κ2) is 1.26. The first kappa shape index (κ1) is 3.61. The summed E-state index contributed by atoms with van der Waals surface area (Å²) in [5.41, 5.74) is 0. The first-order valence-electron chi connectivity index (χ1n) is 2.25. The van der Waals surface area contributed by atoms with Crippen LogP contribution in [0.4, 0.5) is 0 Å². The molecule has 0 aromatic heterocycles. The zero-order valence-corrected chi connectivity index (χ0v) is 5.00. The van der Waals surface area contributed by atoms with Crippen LogP contribution in [0.1, 0.15) is 20.8 Å². The lowest BCUT2D eigenvalue weighted by atomic mass is 10.3. The smallest absolute Gasteiger partial charge is 0.0551 e. The summed E-state index contributed by atoms with van der Waals surface area (Å²) in [4.78, 5) is 0. The molecule has 0 saturated heterocycles. The van der Waals surface area contributed by atoms with Crippen LogP contribution in [-0.2, 0) is 0 Å². The third-order valence-corrected chi connectivity index (χ3v) is 0. The molecule has 0 aliphatic rings. The molecule has 0 aliphatic heterocycles. The van der Waals surface area contributed by atoms with Gasteiger partial charge in [-0.1, -0.05) is 20.8 Å². The van der Waals surface area contributed by atoms with Gasteiger partial charge in [0.15, 0.2) is 0 Å². The second-order valence-electron chi connectivity index (χ2n) is 2.25. The minimum Gasteiger partial charge on any atom is -0.132 e. The highest BCUT2D eigenvalue weighted by molar-refractivity contribution is 7.18. The molecule has 0 fully saturated rings. The third-order valence-electron chi connectivity index (χ3n) is 0. The molecular weight excluding hydrogens is 79.0 g/mol. The summed E-state index contributed by atoms with van der Waals surface area (Å²) in [5.74, 6) is 0. The maximum atomic E-state index is 6.88. The average molecular weight is 92.1 g/mol. The molecule has 1 unspecified atom stereocenters. The molecule has 0 bridgehead atoms. The molecule has 32 valence electrons. The van der Waals surface area contributed by atoms with Crippen molar-refractivity contribution in [2.75, 3.05) is 0 Å². The van der Waals surface area contributed by atoms with Crippen molar-refractivity contribution >= 4 is 9.18 Å². The highest BCUT2D eigenvalue weighted by Gasteiger charge is 1.95. The Morgan fingerprint density at radius 3 is 1.80 bits per heavy atom. The molecule has 0 N–H and O–H groups in total. The minimum atomic E-state index is 0.236. The third kappa shape index (κ3) is 141. The van der Waals surface area contributed by atoms with Crippen LogP contribution >= 0.6 is 9.18 Å². The molecular formula is C4H11P. The van der Waals surface area contributed by atoms with Gasteiger partial charge >= 0.3 is 0 Å². The van der Waals surface area contributed by atoms with E-state index in [1.54, 1.807) is 0 Å². The van der Waals surface area contributed by atoms with Gasteiger partial charge in [0.1, 0.15) is 0 Å². The summed E-state index contributed by atoms with van der Waals surface area (Å²) >= 11 is 0. The Bertz CT molecular complexity index is 37.3. The fraction of sp³-hybridized carbons (Fsp3) is 1.00. The Hall–Kier alpha value is 0.430. The minimum absolute atomic E-state index is 0.236. The number of hydrogen-bond acceptors (Lipinski definition) is 0. The van der Waals surface area contributed by atoms with Gasteiger partial charge in [-0.2, -0.15) is 0 Å². The number of hydrogen-bond donors (Lipinski definition) is 0. The van der Waals surface area contributed by atoms with Crippen LogP contribution in [0.3, 0.4) is 0 Å². The largest absolute Gasteiger partial charge is 0.132 e. The first-order valence-corrected chi connectivity index (χ1v) is 2.25. The van der Waals surface area contributed by atoms with Crippen LogP contribution in [0.5, 0.6) is 0 Å².